The van der Waals surface area contributed by atoms with Crippen LogP contribution in [0, 0.1) is 13.8 Å². The van der Waals surface area contributed by atoms with E-state index in [9.17, 15) is 14.4 Å². The minimum atomic E-state index is -0.267. The zero-order valence-corrected chi connectivity index (χ0v) is 20.0. The van der Waals surface area contributed by atoms with Crippen LogP contribution < -0.4 is 5.32 Å². The van der Waals surface area contributed by atoms with Gasteiger partial charge in [0, 0.05) is 37.3 Å². The van der Waals surface area contributed by atoms with Crippen LogP contribution in [0.15, 0.2) is 30.3 Å². The lowest BCUT2D eigenvalue weighted by Crippen LogP contribution is -2.50. The number of thiazole rings is 1. The zero-order chi connectivity index (χ0) is 23.8. The van der Waals surface area contributed by atoms with Gasteiger partial charge in [0.1, 0.15) is 4.88 Å². The smallest absolute Gasteiger partial charge is 0.275 e. The summed E-state index contributed by atoms with van der Waals surface area (Å²) in [5.74, 6) is -0.512. The van der Waals surface area contributed by atoms with Crippen molar-refractivity contribution in [2.45, 2.75) is 33.4 Å². The molecule has 2 aromatic heterocycles. The predicted octanol–water partition coefficient (Wildman–Crippen LogP) is 1.78. The first kappa shape index (κ1) is 22.3. The number of benzene rings is 1. The van der Waals surface area contributed by atoms with Gasteiger partial charge in [0.2, 0.25) is 5.91 Å². The van der Waals surface area contributed by atoms with Crippen LogP contribution in [0.4, 0.5) is 0 Å². The van der Waals surface area contributed by atoms with Crippen LogP contribution in [-0.2, 0) is 24.3 Å². The van der Waals surface area contributed by atoms with Crippen LogP contribution >= 0.6 is 11.3 Å². The molecule has 2 aliphatic rings. The largest absolute Gasteiger partial charge is 0.353 e. The molecule has 4 heterocycles. The normalized spacial score (nSPS) is 15.8. The minimum Gasteiger partial charge on any atom is -0.353 e. The van der Waals surface area contributed by atoms with Crippen LogP contribution in [0.5, 0.6) is 0 Å². The highest BCUT2D eigenvalue weighted by Gasteiger charge is 2.34. The Morgan fingerprint density at radius 1 is 1.06 bits per heavy atom. The summed E-state index contributed by atoms with van der Waals surface area (Å²) in [4.78, 5) is 47.0. The second kappa shape index (κ2) is 9.02. The average Bonchev–Trinajstić information content (AvgIpc) is 3.37. The van der Waals surface area contributed by atoms with Crippen LogP contribution in [0.25, 0.3) is 0 Å². The van der Waals surface area contributed by atoms with Crippen molar-refractivity contribution in [2.24, 2.45) is 0 Å². The molecule has 5 rings (SSSR count). The topological polar surface area (TPSA) is 100 Å². The summed E-state index contributed by atoms with van der Waals surface area (Å²) < 4.78 is 1.88. The highest BCUT2D eigenvalue weighted by molar-refractivity contribution is 7.13. The molecule has 0 unspecified atom stereocenters. The average molecular weight is 479 g/mol. The van der Waals surface area contributed by atoms with E-state index in [4.69, 9.17) is 5.10 Å². The molecule has 0 radical (unpaired) electrons. The third-order valence-corrected chi connectivity index (χ3v) is 7.28. The lowest BCUT2D eigenvalue weighted by Gasteiger charge is -2.29. The Morgan fingerprint density at radius 2 is 1.82 bits per heavy atom. The molecule has 3 amide bonds. The Kier molecular flexibility index (Phi) is 5.91. The van der Waals surface area contributed by atoms with Crippen molar-refractivity contribution >= 4 is 29.1 Å². The molecule has 1 saturated heterocycles. The summed E-state index contributed by atoms with van der Waals surface area (Å²) in [5, 5.41) is 8.33. The van der Waals surface area contributed by atoms with Gasteiger partial charge in [-0.25, -0.2) is 4.98 Å². The zero-order valence-electron chi connectivity index (χ0n) is 19.2. The number of aryl methyl sites for hydroxylation is 2. The number of hydrogen-bond donors (Lipinski definition) is 1. The van der Waals surface area contributed by atoms with Gasteiger partial charge in [0.05, 0.1) is 30.3 Å². The van der Waals surface area contributed by atoms with Crippen LogP contribution in [0.1, 0.15) is 47.7 Å². The first-order chi connectivity index (χ1) is 16.4. The van der Waals surface area contributed by atoms with Crippen LogP contribution in [0.3, 0.4) is 0 Å². The van der Waals surface area contributed by atoms with E-state index in [1.54, 1.807) is 4.90 Å². The quantitative estimate of drug-likeness (QED) is 0.616. The van der Waals surface area contributed by atoms with Gasteiger partial charge in [-0.3, -0.25) is 19.1 Å². The molecule has 176 valence electrons. The molecule has 0 bridgehead atoms. The fourth-order valence-corrected chi connectivity index (χ4v) is 5.45. The summed E-state index contributed by atoms with van der Waals surface area (Å²) in [5.41, 5.74) is 3.88. The van der Waals surface area contributed by atoms with Crippen molar-refractivity contribution in [2.75, 3.05) is 26.2 Å². The van der Waals surface area contributed by atoms with Crippen molar-refractivity contribution in [1.29, 1.82) is 0 Å². The molecule has 0 atom stereocenters. The van der Waals surface area contributed by atoms with E-state index in [1.165, 1.54) is 16.2 Å². The van der Waals surface area contributed by atoms with Gasteiger partial charge < -0.3 is 15.1 Å². The minimum absolute atomic E-state index is 0.0150. The molecule has 1 fully saturated rings. The Hall–Kier alpha value is -3.53. The molecular formula is C24H26N6O3S. The van der Waals surface area contributed by atoms with Crippen molar-refractivity contribution < 1.29 is 14.4 Å². The van der Waals surface area contributed by atoms with Gasteiger partial charge in [-0.15, -0.1) is 11.3 Å². The molecule has 0 saturated carbocycles. The Morgan fingerprint density at radius 3 is 2.53 bits per heavy atom. The number of hydrogen-bond acceptors (Lipinski definition) is 6. The second-order valence-electron chi connectivity index (χ2n) is 8.62. The van der Waals surface area contributed by atoms with E-state index in [0.29, 0.717) is 49.7 Å². The van der Waals surface area contributed by atoms with E-state index in [0.717, 1.165) is 27.5 Å². The molecule has 0 spiro atoms. The van der Waals surface area contributed by atoms with E-state index in [-0.39, 0.29) is 24.3 Å². The lowest BCUT2D eigenvalue weighted by molar-refractivity contribution is -0.123. The maximum Gasteiger partial charge on any atom is 0.275 e. The lowest BCUT2D eigenvalue weighted by atomic mass is 10.0. The van der Waals surface area contributed by atoms with Crippen LogP contribution in [0.2, 0.25) is 0 Å². The van der Waals surface area contributed by atoms with Gasteiger partial charge in [-0.1, -0.05) is 30.3 Å². The standard InChI is InChI=1S/C24H26N6O3S/c1-15-22(34-16(2)26-15)24(33)28-10-8-19-18(13-28)21(23(32)29-11-9-25-20(31)14-29)27-30(19)12-17-6-4-3-5-7-17/h3-7H,8-14H2,1-2H3,(H,25,31). The number of nitrogens with one attached hydrogen (secondary N) is 1. The molecule has 2 aliphatic heterocycles. The summed E-state index contributed by atoms with van der Waals surface area (Å²) >= 11 is 1.40. The van der Waals surface area contributed by atoms with Crippen molar-refractivity contribution in [3.8, 4) is 0 Å². The number of carbonyl (C=O) groups excluding carboxylic acids is 3. The predicted molar refractivity (Wildman–Crippen MR) is 127 cm³/mol. The third kappa shape index (κ3) is 4.21. The molecule has 0 aliphatic carbocycles. The van der Waals surface area contributed by atoms with Crippen molar-refractivity contribution in [3.05, 3.63) is 68.4 Å². The first-order valence-corrected chi connectivity index (χ1v) is 12.1. The fraction of sp³-hybridized carbons (Fsp3) is 0.375. The maximum absolute atomic E-state index is 13.4. The summed E-state index contributed by atoms with van der Waals surface area (Å²) in [6, 6.07) is 9.97. The monoisotopic (exact) mass is 478 g/mol. The molecule has 1 N–H and O–H groups in total. The van der Waals surface area contributed by atoms with Gasteiger partial charge in [0.25, 0.3) is 11.8 Å². The van der Waals surface area contributed by atoms with Crippen molar-refractivity contribution in [1.82, 2.24) is 29.9 Å². The first-order valence-electron chi connectivity index (χ1n) is 11.3. The Balaban J connectivity index is 1.49. The molecule has 34 heavy (non-hydrogen) atoms. The third-order valence-electron chi connectivity index (χ3n) is 6.22. The molecule has 3 aromatic rings. The van der Waals surface area contributed by atoms with Gasteiger partial charge in [0.15, 0.2) is 5.69 Å². The number of carbonyl (C=O) groups is 3. The molecule has 9 nitrogen and oxygen atoms in total. The maximum atomic E-state index is 13.4. The van der Waals surface area contributed by atoms with Gasteiger partial charge in [-0.2, -0.15) is 5.10 Å². The van der Waals surface area contributed by atoms with Gasteiger partial charge >= 0.3 is 0 Å². The highest BCUT2D eigenvalue weighted by atomic mass is 32.1. The molecular weight excluding hydrogens is 452 g/mol. The van der Waals surface area contributed by atoms with Gasteiger partial charge in [-0.05, 0) is 19.4 Å². The highest BCUT2D eigenvalue weighted by Crippen LogP contribution is 2.28. The summed E-state index contributed by atoms with van der Waals surface area (Å²) in [6.07, 6.45) is 0.603. The molecule has 1 aromatic carbocycles. The summed E-state index contributed by atoms with van der Waals surface area (Å²) in [6.45, 7) is 6.00. The second-order valence-corrected chi connectivity index (χ2v) is 9.82. The SMILES string of the molecule is Cc1nc(C)c(C(=O)N2CCc3c(c(C(=O)N4CCNC(=O)C4)nn3Cc3ccccc3)C2)s1. The van der Waals surface area contributed by atoms with E-state index < -0.39 is 0 Å². The summed E-state index contributed by atoms with van der Waals surface area (Å²) in [7, 11) is 0. The van der Waals surface area contributed by atoms with E-state index in [2.05, 4.69) is 10.3 Å². The number of nitrogens with zero attached hydrogens (tertiary/aromatic N) is 5. The number of amides is 3. The number of rotatable bonds is 4. The fourth-order valence-electron chi connectivity index (χ4n) is 4.56. The number of fused-ring (bicyclic) bond motifs is 1. The number of piperazine rings is 1. The van der Waals surface area contributed by atoms with Crippen LogP contribution in [-0.4, -0.2) is 68.5 Å². The van der Waals surface area contributed by atoms with Crippen molar-refractivity contribution in [3.63, 3.8) is 0 Å². The number of aromatic nitrogens is 3. The molecule has 10 heteroatoms. The Labute approximate surface area is 201 Å². The van der Waals surface area contributed by atoms with E-state index in [1.807, 2.05) is 48.9 Å². The van der Waals surface area contributed by atoms with E-state index >= 15 is 0 Å². The Bertz CT molecular complexity index is 1270.